The summed E-state index contributed by atoms with van der Waals surface area (Å²) >= 11 is 0. The lowest BCUT2D eigenvalue weighted by atomic mass is 10.1. The van der Waals surface area contributed by atoms with Gasteiger partial charge in [-0.05, 0) is 30.5 Å². The fourth-order valence-electron chi connectivity index (χ4n) is 2.76. The average Bonchev–Trinajstić information content (AvgIpc) is 2.71. The molecule has 23 heavy (non-hydrogen) atoms. The number of rotatable bonds is 4. The van der Waals surface area contributed by atoms with Gasteiger partial charge in [0, 0.05) is 39.5 Å². The lowest BCUT2D eigenvalue weighted by Crippen LogP contribution is -2.37. The summed E-state index contributed by atoms with van der Waals surface area (Å²) < 4.78 is 12.8. The minimum atomic E-state index is -0.706. The number of aliphatic hydroxyl groups excluding tert-OH is 1. The summed E-state index contributed by atoms with van der Waals surface area (Å²) in [4.78, 5) is 26.9. The Balaban J connectivity index is 1.80. The Morgan fingerprint density at radius 2 is 1.78 bits per heavy atom. The zero-order chi connectivity index (χ0) is 16.8. The van der Waals surface area contributed by atoms with Crippen LogP contribution in [0.4, 0.5) is 4.39 Å². The van der Waals surface area contributed by atoms with Crippen molar-refractivity contribution in [2.75, 3.05) is 26.2 Å². The Morgan fingerprint density at radius 1 is 1.17 bits per heavy atom. The number of aliphatic hydroxyl groups is 1. The second-order valence-electron chi connectivity index (χ2n) is 5.94. The number of amides is 2. The number of benzene rings is 1. The van der Waals surface area contributed by atoms with Gasteiger partial charge in [0.1, 0.15) is 5.82 Å². The van der Waals surface area contributed by atoms with E-state index in [4.69, 9.17) is 0 Å². The summed E-state index contributed by atoms with van der Waals surface area (Å²) in [7, 11) is 0. The number of β-amino-alcohol motifs (C(OH)–C–C–N with tert-alkyl or cyclic N) is 1. The normalized spacial score (nSPS) is 18.7. The van der Waals surface area contributed by atoms with Crippen molar-refractivity contribution in [3.63, 3.8) is 0 Å². The number of nitrogens with zero attached hydrogens (tertiary/aromatic N) is 2. The first-order valence-corrected chi connectivity index (χ1v) is 7.91. The molecule has 5 nitrogen and oxygen atoms in total. The van der Waals surface area contributed by atoms with Gasteiger partial charge in [0.2, 0.25) is 11.8 Å². The monoisotopic (exact) mass is 322 g/mol. The molecule has 126 valence electrons. The number of halogens is 1. The molecule has 2 rings (SSSR count). The lowest BCUT2D eigenvalue weighted by molar-refractivity contribution is -0.132. The summed E-state index contributed by atoms with van der Waals surface area (Å²) in [5.41, 5.74) is 0.998. The molecule has 1 fully saturated rings. The van der Waals surface area contributed by atoms with Crippen molar-refractivity contribution < 1.29 is 19.1 Å². The third kappa shape index (κ3) is 5.32. The molecule has 0 aromatic heterocycles. The van der Waals surface area contributed by atoms with E-state index in [1.807, 2.05) is 0 Å². The third-order valence-corrected chi connectivity index (χ3v) is 4.07. The van der Waals surface area contributed by atoms with Gasteiger partial charge >= 0.3 is 0 Å². The zero-order valence-electron chi connectivity index (χ0n) is 13.4. The van der Waals surface area contributed by atoms with E-state index in [1.165, 1.54) is 19.1 Å². The van der Waals surface area contributed by atoms with Gasteiger partial charge < -0.3 is 14.9 Å². The van der Waals surface area contributed by atoms with Crippen LogP contribution in [0.25, 0.3) is 0 Å². The standard InChI is InChI=1S/C17H23FN2O3/c1-13(21)19-9-10-20(12-16(22)11-19)17(23)4-2-3-14-5-7-15(18)8-6-14/h5-8,16,22H,2-4,9-12H2,1H3/t16-/m0/s1. The Labute approximate surface area is 135 Å². The van der Waals surface area contributed by atoms with Crippen LogP contribution in [0.15, 0.2) is 24.3 Å². The van der Waals surface area contributed by atoms with Crippen LogP contribution in [-0.2, 0) is 16.0 Å². The predicted molar refractivity (Wildman–Crippen MR) is 84.2 cm³/mol. The maximum absolute atomic E-state index is 12.8. The van der Waals surface area contributed by atoms with Crippen molar-refractivity contribution in [2.45, 2.75) is 32.3 Å². The van der Waals surface area contributed by atoms with Crippen molar-refractivity contribution >= 4 is 11.8 Å². The highest BCUT2D eigenvalue weighted by Gasteiger charge is 2.25. The molecule has 1 heterocycles. The van der Waals surface area contributed by atoms with E-state index in [9.17, 15) is 19.1 Å². The van der Waals surface area contributed by atoms with Crippen molar-refractivity contribution in [3.05, 3.63) is 35.6 Å². The molecule has 1 aliphatic rings. The molecular weight excluding hydrogens is 299 g/mol. The number of hydrogen-bond donors (Lipinski definition) is 1. The molecule has 1 N–H and O–H groups in total. The Kier molecular flexibility index (Phi) is 6.10. The van der Waals surface area contributed by atoms with Crippen molar-refractivity contribution in [1.82, 2.24) is 9.80 Å². The maximum Gasteiger partial charge on any atom is 0.222 e. The van der Waals surface area contributed by atoms with E-state index in [0.717, 1.165) is 5.56 Å². The topological polar surface area (TPSA) is 60.9 Å². The van der Waals surface area contributed by atoms with Gasteiger partial charge in [-0.3, -0.25) is 9.59 Å². The molecule has 0 bridgehead atoms. The van der Waals surface area contributed by atoms with Crippen molar-refractivity contribution in [2.24, 2.45) is 0 Å². The quantitative estimate of drug-likeness (QED) is 0.906. The summed E-state index contributed by atoms with van der Waals surface area (Å²) in [6, 6.07) is 6.28. The van der Waals surface area contributed by atoms with Crippen LogP contribution in [0.5, 0.6) is 0 Å². The van der Waals surface area contributed by atoms with Crippen molar-refractivity contribution in [3.8, 4) is 0 Å². The van der Waals surface area contributed by atoms with E-state index >= 15 is 0 Å². The van der Waals surface area contributed by atoms with E-state index in [0.29, 0.717) is 32.4 Å². The van der Waals surface area contributed by atoms with Gasteiger partial charge in [-0.15, -0.1) is 0 Å². The molecule has 0 spiro atoms. The van der Waals surface area contributed by atoms with Gasteiger partial charge in [-0.1, -0.05) is 12.1 Å². The highest BCUT2D eigenvalue weighted by molar-refractivity contribution is 5.77. The molecule has 1 aliphatic heterocycles. The number of carbonyl (C=O) groups is 2. The molecule has 0 aliphatic carbocycles. The lowest BCUT2D eigenvalue weighted by Gasteiger charge is -2.21. The maximum atomic E-state index is 12.8. The third-order valence-electron chi connectivity index (χ3n) is 4.07. The molecule has 1 atom stereocenters. The van der Waals surface area contributed by atoms with Gasteiger partial charge in [0.15, 0.2) is 0 Å². The molecule has 1 saturated heterocycles. The van der Waals surface area contributed by atoms with Gasteiger partial charge in [-0.25, -0.2) is 4.39 Å². The summed E-state index contributed by atoms with van der Waals surface area (Å²) in [5, 5.41) is 9.93. The van der Waals surface area contributed by atoms with Crippen LogP contribution in [0.3, 0.4) is 0 Å². The summed E-state index contributed by atoms with van der Waals surface area (Å²) in [6.45, 7) is 2.91. The van der Waals surface area contributed by atoms with Crippen LogP contribution in [0.2, 0.25) is 0 Å². The van der Waals surface area contributed by atoms with Crippen LogP contribution < -0.4 is 0 Å². The molecule has 2 amide bonds. The highest BCUT2D eigenvalue weighted by atomic mass is 19.1. The first-order valence-electron chi connectivity index (χ1n) is 7.91. The minimum absolute atomic E-state index is 0.0171. The van der Waals surface area contributed by atoms with Gasteiger partial charge in [-0.2, -0.15) is 0 Å². The fraction of sp³-hybridized carbons (Fsp3) is 0.529. The second kappa shape index (κ2) is 8.06. The molecule has 0 radical (unpaired) electrons. The Bertz CT molecular complexity index is 547. The first kappa shape index (κ1) is 17.4. The SMILES string of the molecule is CC(=O)N1CCN(C(=O)CCCc2ccc(F)cc2)C[C@@H](O)C1. The molecule has 6 heteroatoms. The highest BCUT2D eigenvalue weighted by Crippen LogP contribution is 2.10. The Morgan fingerprint density at radius 3 is 2.43 bits per heavy atom. The fourth-order valence-corrected chi connectivity index (χ4v) is 2.76. The number of aryl methyl sites for hydroxylation is 1. The largest absolute Gasteiger partial charge is 0.389 e. The molecule has 0 unspecified atom stereocenters. The second-order valence-corrected chi connectivity index (χ2v) is 5.94. The molecule has 0 saturated carbocycles. The van der Waals surface area contributed by atoms with Crippen molar-refractivity contribution in [1.29, 1.82) is 0 Å². The van der Waals surface area contributed by atoms with Crippen LogP contribution in [-0.4, -0.2) is 59.0 Å². The number of hydrogen-bond acceptors (Lipinski definition) is 3. The summed E-state index contributed by atoms with van der Waals surface area (Å²) in [5.74, 6) is -0.371. The van der Waals surface area contributed by atoms with E-state index in [-0.39, 0.29) is 30.7 Å². The van der Waals surface area contributed by atoms with Crippen LogP contribution in [0, 0.1) is 5.82 Å². The Hall–Kier alpha value is -1.95. The molecule has 1 aromatic rings. The smallest absolute Gasteiger partial charge is 0.222 e. The minimum Gasteiger partial charge on any atom is -0.389 e. The van der Waals surface area contributed by atoms with Crippen LogP contribution >= 0.6 is 0 Å². The van der Waals surface area contributed by atoms with Gasteiger partial charge in [0.05, 0.1) is 6.10 Å². The zero-order valence-corrected chi connectivity index (χ0v) is 13.4. The molecule has 1 aromatic carbocycles. The predicted octanol–water partition coefficient (Wildman–Crippen LogP) is 1.20. The van der Waals surface area contributed by atoms with Crippen LogP contribution in [0.1, 0.15) is 25.3 Å². The number of carbonyl (C=O) groups excluding carboxylic acids is 2. The average molecular weight is 322 g/mol. The summed E-state index contributed by atoms with van der Waals surface area (Å²) in [6.07, 6.45) is 1.06. The van der Waals surface area contributed by atoms with E-state index in [2.05, 4.69) is 0 Å². The van der Waals surface area contributed by atoms with E-state index in [1.54, 1.807) is 21.9 Å². The molecular formula is C17H23FN2O3. The van der Waals surface area contributed by atoms with E-state index < -0.39 is 6.10 Å². The van der Waals surface area contributed by atoms with Gasteiger partial charge in [0.25, 0.3) is 0 Å². The first-order chi connectivity index (χ1) is 11.0.